The quantitative estimate of drug-likeness (QED) is 0.812. The monoisotopic (exact) mass is 345 g/mol. The van der Waals surface area contributed by atoms with Gasteiger partial charge < -0.3 is 9.80 Å². The number of rotatable bonds is 5. The molecule has 1 spiro atoms. The minimum absolute atomic E-state index is 0.0233. The minimum atomic E-state index is 0.0233. The van der Waals surface area contributed by atoms with Crippen LogP contribution in [0.15, 0.2) is 18.6 Å². The number of amides is 1. The Kier molecular flexibility index (Phi) is 5.69. The Labute approximate surface area is 151 Å². The van der Waals surface area contributed by atoms with Crippen molar-refractivity contribution < 1.29 is 4.79 Å². The lowest BCUT2D eigenvalue weighted by Gasteiger charge is -2.37. The van der Waals surface area contributed by atoms with Crippen molar-refractivity contribution in [1.82, 2.24) is 24.7 Å². The van der Waals surface area contributed by atoms with E-state index in [-0.39, 0.29) is 11.9 Å². The molecule has 0 aromatic carbocycles. The zero-order valence-electron chi connectivity index (χ0n) is 15.8. The Morgan fingerprint density at radius 1 is 1.40 bits per heavy atom. The van der Waals surface area contributed by atoms with Gasteiger partial charge in [-0.2, -0.15) is 0 Å². The molecule has 1 aromatic rings. The molecule has 25 heavy (non-hydrogen) atoms. The van der Waals surface area contributed by atoms with E-state index in [4.69, 9.17) is 0 Å². The predicted molar refractivity (Wildman–Crippen MR) is 97.9 cm³/mol. The summed E-state index contributed by atoms with van der Waals surface area (Å²) in [5.41, 5.74) is 1.22. The molecule has 2 aliphatic rings. The van der Waals surface area contributed by atoms with Crippen LogP contribution in [0.4, 0.5) is 0 Å². The summed E-state index contributed by atoms with van der Waals surface area (Å²) in [6.07, 6.45) is 7.79. The Hall–Kier alpha value is -1.53. The second-order valence-corrected chi connectivity index (χ2v) is 7.89. The van der Waals surface area contributed by atoms with Crippen LogP contribution in [-0.2, 0) is 11.3 Å². The molecule has 1 amide bonds. The zero-order valence-corrected chi connectivity index (χ0v) is 15.8. The molecule has 1 unspecified atom stereocenters. The molecule has 138 valence electrons. The summed E-state index contributed by atoms with van der Waals surface area (Å²) in [5, 5.41) is 0. The third kappa shape index (κ3) is 4.18. The number of nitrogens with zero attached hydrogens (tertiary/aromatic N) is 5. The maximum Gasteiger partial charge on any atom is 0.240 e. The van der Waals surface area contributed by atoms with Gasteiger partial charge in [0, 0.05) is 19.8 Å². The van der Waals surface area contributed by atoms with E-state index in [9.17, 15) is 4.79 Å². The lowest BCUT2D eigenvalue weighted by atomic mass is 9.76. The Morgan fingerprint density at radius 2 is 2.16 bits per heavy atom. The van der Waals surface area contributed by atoms with Gasteiger partial charge in [0.05, 0.1) is 18.3 Å². The molecule has 0 radical (unpaired) electrons. The molecule has 2 saturated heterocycles. The lowest BCUT2D eigenvalue weighted by molar-refractivity contribution is -0.135. The van der Waals surface area contributed by atoms with Gasteiger partial charge in [-0.1, -0.05) is 6.92 Å². The largest absolute Gasteiger partial charge is 0.338 e. The van der Waals surface area contributed by atoms with Crippen LogP contribution in [0.2, 0.25) is 0 Å². The second kappa shape index (κ2) is 7.79. The highest BCUT2D eigenvalue weighted by molar-refractivity contribution is 5.82. The first-order valence-corrected chi connectivity index (χ1v) is 9.45. The first kappa shape index (κ1) is 18.3. The van der Waals surface area contributed by atoms with Gasteiger partial charge in [-0.25, -0.2) is 9.97 Å². The van der Waals surface area contributed by atoms with Crippen molar-refractivity contribution in [2.75, 3.05) is 40.3 Å². The molecule has 2 fully saturated rings. The number of likely N-dealkylation sites (tertiary alicyclic amines) is 2. The average molecular weight is 345 g/mol. The Morgan fingerprint density at radius 3 is 2.80 bits per heavy atom. The summed E-state index contributed by atoms with van der Waals surface area (Å²) in [5.74, 6) is 0.239. The van der Waals surface area contributed by atoms with Gasteiger partial charge in [0.15, 0.2) is 0 Å². The van der Waals surface area contributed by atoms with Gasteiger partial charge in [-0.3, -0.25) is 9.69 Å². The SMILES string of the molecule is CCCN1CC2(CCN(C)CC2)CC1C(=O)N(C)Cc1ccncn1. The average Bonchev–Trinajstić information content (AvgIpc) is 2.96. The smallest absolute Gasteiger partial charge is 0.240 e. The lowest BCUT2D eigenvalue weighted by Crippen LogP contribution is -2.44. The standard InChI is InChI=1S/C19H31N5O/c1-4-9-24-14-19(6-10-22(2)11-7-19)12-17(24)18(25)23(3)13-16-5-8-20-15-21-16/h5,8,15,17H,4,6-7,9-14H2,1-3H3. The molecule has 3 rings (SSSR count). The van der Waals surface area contributed by atoms with Crippen molar-refractivity contribution >= 4 is 5.91 Å². The van der Waals surface area contributed by atoms with Crippen molar-refractivity contribution in [2.45, 2.75) is 45.2 Å². The fourth-order valence-corrected chi connectivity index (χ4v) is 4.35. The summed E-state index contributed by atoms with van der Waals surface area (Å²) in [4.78, 5) is 28.0. The number of likely N-dealkylation sites (N-methyl/N-ethyl adjacent to an activating group) is 1. The van der Waals surface area contributed by atoms with Crippen LogP contribution in [0.5, 0.6) is 0 Å². The normalized spacial score (nSPS) is 23.9. The molecule has 1 atom stereocenters. The topological polar surface area (TPSA) is 52.6 Å². The van der Waals surface area contributed by atoms with Gasteiger partial charge in [0.25, 0.3) is 0 Å². The van der Waals surface area contributed by atoms with E-state index in [0.717, 1.165) is 44.7 Å². The van der Waals surface area contributed by atoms with E-state index in [1.54, 1.807) is 12.5 Å². The van der Waals surface area contributed by atoms with E-state index in [0.29, 0.717) is 12.0 Å². The minimum Gasteiger partial charge on any atom is -0.338 e. The fourth-order valence-electron chi connectivity index (χ4n) is 4.35. The predicted octanol–water partition coefficient (Wildman–Crippen LogP) is 1.63. The Bertz CT molecular complexity index is 570. The molecule has 0 bridgehead atoms. The summed E-state index contributed by atoms with van der Waals surface area (Å²) >= 11 is 0. The van der Waals surface area contributed by atoms with Crippen LogP contribution < -0.4 is 0 Å². The molecule has 0 saturated carbocycles. The van der Waals surface area contributed by atoms with E-state index >= 15 is 0 Å². The van der Waals surface area contributed by atoms with E-state index < -0.39 is 0 Å². The number of piperidine rings is 1. The third-order valence-corrected chi connectivity index (χ3v) is 5.87. The number of aromatic nitrogens is 2. The maximum atomic E-state index is 13.2. The van der Waals surface area contributed by atoms with Crippen molar-refractivity contribution in [1.29, 1.82) is 0 Å². The van der Waals surface area contributed by atoms with Gasteiger partial charge >= 0.3 is 0 Å². The van der Waals surface area contributed by atoms with Crippen molar-refractivity contribution in [3.8, 4) is 0 Å². The number of hydrogen-bond acceptors (Lipinski definition) is 5. The molecular formula is C19H31N5O. The van der Waals surface area contributed by atoms with E-state index in [1.807, 2.05) is 18.0 Å². The molecule has 6 heteroatoms. The van der Waals surface area contributed by atoms with Crippen molar-refractivity contribution in [3.05, 3.63) is 24.3 Å². The third-order valence-electron chi connectivity index (χ3n) is 5.87. The summed E-state index contributed by atoms with van der Waals surface area (Å²) in [7, 11) is 4.10. The fraction of sp³-hybridized carbons (Fsp3) is 0.737. The second-order valence-electron chi connectivity index (χ2n) is 7.89. The Balaban J connectivity index is 1.68. The van der Waals surface area contributed by atoms with Crippen LogP contribution in [-0.4, -0.2) is 76.9 Å². The number of carbonyl (C=O) groups excluding carboxylic acids is 1. The van der Waals surface area contributed by atoms with Gasteiger partial charge in [-0.15, -0.1) is 0 Å². The highest BCUT2D eigenvalue weighted by Gasteiger charge is 2.47. The molecule has 0 aliphatic carbocycles. The van der Waals surface area contributed by atoms with Crippen LogP contribution in [0.3, 0.4) is 0 Å². The highest BCUT2D eigenvalue weighted by Crippen LogP contribution is 2.43. The summed E-state index contributed by atoms with van der Waals surface area (Å²) < 4.78 is 0. The first-order valence-electron chi connectivity index (χ1n) is 9.45. The summed E-state index contributed by atoms with van der Waals surface area (Å²) in [6, 6.07) is 1.90. The number of carbonyl (C=O) groups is 1. The van der Waals surface area contributed by atoms with Crippen LogP contribution >= 0.6 is 0 Å². The van der Waals surface area contributed by atoms with Crippen LogP contribution in [0.1, 0.15) is 38.3 Å². The van der Waals surface area contributed by atoms with Crippen molar-refractivity contribution in [3.63, 3.8) is 0 Å². The molecule has 2 aliphatic heterocycles. The number of hydrogen-bond donors (Lipinski definition) is 0. The molecule has 6 nitrogen and oxygen atoms in total. The maximum absolute atomic E-state index is 13.2. The summed E-state index contributed by atoms with van der Waals surface area (Å²) in [6.45, 7) is 7.14. The van der Waals surface area contributed by atoms with E-state index in [1.165, 1.54) is 12.8 Å². The zero-order chi connectivity index (χ0) is 17.9. The van der Waals surface area contributed by atoms with E-state index in [2.05, 4.69) is 33.7 Å². The van der Waals surface area contributed by atoms with Crippen LogP contribution in [0, 0.1) is 5.41 Å². The van der Waals surface area contributed by atoms with Gasteiger partial charge in [-0.05, 0) is 63.8 Å². The molecule has 3 heterocycles. The molecular weight excluding hydrogens is 314 g/mol. The van der Waals surface area contributed by atoms with Crippen LogP contribution in [0.25, 0.3) is 0 Å². The highest BCUT2D eigenvalue weighted by atomic mass is 16.2. The van der Waals surface area contributed by atoms with Crippen molar-refractivity contribution in [2.24, 2.45) is 5.41 Å². The van der Waals surface area contributed by atoms with Gasteiger partial charge in [0.1, 0.15) is 6.33 Å². The van der Waals surface area contributed by atoms with Gasteiger partial charge in [0.2, 0.25) is 5.91 Å². The molecule has 0 N–H and O–H groups in total. The first-order chi connectivity index (χ1) is 12.0. The molecule has 1 aromatic heterocycles.